The topological polar surface area (TPSA) is 36.0 Å². The van der Waals surface area contributed by atoms with Crippen LogP contribution in [0.3, 0.4) is 0 Å². The second kappa shape index (κ2) is 19.0. The Hall–Kier alpha value is -7.96. The summed E-state index contributed by atoms with van der Waals surface area (Å²) in [5.41, 5.74) is 28.1. The molecule has 2 aliphatic heterocycles. The van der Waals surface area contributed by atoms with Gasteiger partial charge in [-0.2, -0.15) is 0 Å². The van der Waals surface area contributed by atoms with Crippen LogP contribution in [0.15, 0.2) is 167 Å². The Morgan fingerprint density at radius 3 is 1.48 bits per heavy atom. The maximum atomic E-state index is 7.79. The van der Waals surface area contributed by atoms with Crippen molar-refractivity contribution < 1.29 is 8.83 Å². The Kier molecular flexibility index (Phi) is 12.3. The maximum Gasteiger partial charge on any atom is 0.337 e. The number of para-hydroxylation sites is 1. The fourth-order valence-corrected chi connectivity index (χ4v) is 16.0. The number of fused-ring (bicyclic) bond motifs is 14. The Morgan fingerprint density at radius 1 is 0.404 bits per heavy atom. The fraction of sp³-hybridized carbons (Fsp3) is 0.349. The van der Waals surface area contributed by atoms with Crippen LogP contribution < -0.4 is 25.5 Å². The highest BCUT2D eigenvalue weighted by Crippen LogP contribution is 2.57. The largest absolute Gasteiger partial charge is 0.456 e. The lowest BCUT2D eigenvalue weighted by Gasteiger charge is -2.47. The van der Waals surface area contributed by atoms with Crippen LogP contribution in [-0.2, 0) is 37.9 Å². The van der Waals surface area contributed by atoms with E-state index in [1.165, 1.54) is 72.2 Å². The molecule has 5 nitrogen and oxygen atoms in total. The first-order valence-corrected chi connectivity index (χ1v) is 32.9. The lowest BCUT2D eigenvalue weighted by molar-refractivity contribution is 0.332. The SMILES string of the molecule is Cc1cc2c(cc1N1c3ccc4c(oc5cc6c(cc54)C(C)(C)CCC6(C)C)c3B3c4c(cc5c(oc6ccccc65)c41)-c1ccc(N(c4ccc(C(C)(C)C)cc4)c4ccc(C(C)(C)C)cc4)cc1N3c1ccc(C(C)(C)C)cc1)C(C)(C)CCC2(C)C. The van der Waals surface area contributed by atoms with Crippen molar-refractivity contribution in [2.24, 2.45) is 0 Å². The highest BCUT2D eigenvalue weighted by atomic mass is 16.3. The van der Waals surface area contributed by atoms with Gasteiger partial charge in [0, 0.05) is 72.4 Å². The number of hydrogen-bond acceptors (Lipinski definition) is 5. The number of anilines is 8. The van der Waals surface area contributed by atoms with Crippen molar-refractivity contribution in [1.82, 2.24) is 0 Å². The minimum atomic E-state index is -0.377. The number of hydrogen-bond donors (Lipinski definition) is 0. The molecule has 0 atom stereocenters. The second-order valence-electron chi connectivity index (χ2n) is 32.8. The third-order valence-electron chi connectivity index (χ3n) is 21.8. The minimum Gasteiger partial charge on any atom is -0.456 e. The Labute approximate surface area is 529 Å². The molecule has 0 unspecified atom stereocenters. The van der Waals surface area contributed by atoms with Crippen LogP contribution in [-0.4, -0.2) is 6.85 Å². The van der Waals surface area contributed by atoms with Gasteiger partial charge in [0.05, 0.1) is 5.69 Å². The van der Waals surface area contributed by atoms with Gasteiger partial charge in [-0.1, -0.05) is 184 Å². The van der Waals surface area contributed by atoms with Crippen LogP contribution in [0.2, 0.25) is 0 Å². The van der Waals surface area contributed by atoms with Crippen LogP contribution in [0.5, 0.6) is 0 Å². The van der Waals surface area contributed by atoms with Crippen molar-refractivity contribution in [2.45, 2.75) is 188 Å². The molecule has 2 aromatic heterocycles. The number of benzene rings is 9. The van der Waals surface area contributed by atoms with E-state index < -0.39 is 0 Å². The van der Waals surface area contributed by atoms with E-state index in [-0.39, 0.29) is 44.8 Å². The first kappa shape index (κ1) is 57.5. The van der Waals surface area contributed by atoms with E-state index in [1.54, 1.807) is 0 Å². The molecule has 0 amide bonds. The summed E-state index contributed by atoms with van der Waals surface area (Å²) in [5, 5.41) is 4.54. The zero-order chi connectivity index (χ0) is 62.6. The van der Waals surface area contributed by atoms with E-state index in [0.29, 0.717) is 0 Å². The van der Waals surface area contributed by atoms with Crippen molar-refractivity contribution in [3.63, 3.8) is 0 Å². The molecule has 0 bridgehead atoms. The van der Waals surface area contributed by atoms with Crippen LogP contribution in [0.1, 0.15) is 188 Å². The van der Waals surface area contributed by atoms with Gasteiger partial charge in [-0.25, -0.2) is 0 Å². The fourth-order valence-electron chi connectivity index (χ4n) is 16.0. The van der Waals surface area contributed by atoms with E-state index in [4.69, 9.17) is 8.83 Å². The summed E-state index contributed by atoms with van der Waals surface area (Å²) in [6, 6.07) is 61.4. The molecule has 6 heteroatoms. The number of rotatable bonds is 5. The molecular formula is C83H88BN3O2. The molecule has 0 spiro atoms. The molecule has 0 fully saturated rings. The maximum absolute atomic E-state index is 7.79. The smallest absolute Gasteiger partial charge is 0.337 e. The normalized spacial score (nSPS) is 17.2. The molecule has 9 aromatic carbocycles. The van der Waals surface area contributed by atoms with E-state index in [0.717, 1.165) is 109 Å². The third kappa shape index (κ3) is 8.83. The van der Waals surface area contributed by atoms with Crippen LogP contribution in [0, 0.1) is 6.92 Å². The Balaban J connectivity index is 1.09. The van der Waals surface area contributed by atoms with Crippen LogP contribution in [0.25, 0.3) is 55.0 Å². The van der Waals surface area contributed by atoms with Crippen molar-refractivity contribution in [2.75, 3.05) is 14.6 Å². The van der Waals surface area contributed by atoms with E-state index >= 15 is 0 Å². The predicted molar refractivity (Wildman–Crippen MR) is 381 cm³/mol. The van der Waals surface area contributed by atoms with Gasteiger partial charge in [-0.3, -0.25) is 0 Å². The molecule has 0 N–H and O–H groups in total. The Bertz CT molecular complexity index is 4680. The molecule has 0 radical (unpaired) electrons. The summed E-state index contributed by atoms with van der Waals surface area (Å²) < 4.78 is 15.2. The predicted octanol–water partition coefficient (Wildman–Crippen LogP) is 22.6. The van der Waals surface area contributed by atoms with Gasteiger partial charge in [-0.15, -0.1) is 0 Å². The van der Waals surface area contributed by atoms with Gasteiger partial charge in [0.1, 0.15) is 16.7 Å². The zero-order valence-electron chi connectivity index (χ0n) is 56.1. The Morgan fingerprint density at radius 2 is 0.910 bits per heavy atom. The standard InChI is InChI=1S/C83H88BN3O2/c1-49-43-63-65(82(15,16)41-39-80(63,11)12)47-68(49)86-67-38-37-59-60-46-64-66(83(17,18)42-40-81(64,13)14)48-71(60)89-75(59)73(67)84-72-61(45-62-58-21-19-20-22-70(58)88-76(62)74(72)86)57-36-35-56(44-69(57)87(84)55-33-27-52(28-34-55)79(8,9)10)85(53-29-23-50(24-30-53)77(2,3)4)54-31-25-51(26-32-54)78(5,6)7/h19-38,43-48H,39-42H2,1-18H3. The summed E-state index contributed by atoms with van der Waals surface area (Å²) >= 11 is 0. The molecule has 0 saturated carbocycles. The number of nitrogens with zero attached hydrogens (tertiary/aromatic N) is 3. The van der Waals surface area contributed by atoms with Gasteiger partial charge < -0.3 is 23.4 Å². The van der Waals surface area contributed by atoms with Crippen molar-refractivity contribution in [3.8, 4) is 11.1 Å². The first-order chi connectivity index (χ1) is 41.9. The molecule has 15 rings (SSSR count). The van der Waals surface area contributed by atoms with Crippen molar-refractivity contribution >= 4 is 107 Å². The average molecular weight is 1170 g/mol. The minimum absolute atomic E-state index is 0.000339. The van der Waals surface area contributed by atoms with Gasteiger partial charge in [0.2, 0.25) is 0 Å². The van der Waals surface area contributed by atoms with Crippen LogP contribution in [0.4, 0.5) is 45.5 Å². The van der Waals surface area contributed by atoms with Crippen molar-refractivity contribution in [3.05, 3.63) is 202 Å². The third-order valence-corrected chi connectivity index (χ3v) is 21.8. The molecule has 2 aliphatic carbocycles. The molecule has 11 aromatic rings. The molecular weight excluding hydrogens is 1080 g/mol. The molecule has 450 valence electrons. The van der Waals surface area contributed by atoms with Gasteiger partial charge in [-0.05, 0) is 217 Å². The summed E-state index contributed by atoms with van der Waals surface area (Å²) in [6.07, 6.45) is 4.52. The first-order valence-electron chi connectivity index (χ1n) is 32.9. The monoisotopic (exact) mass is 1170 g/mol. The number of aryl methyl sites for hydroxylation is 1. The summed E-state index contributed by atoms with van der Waals surface area (Å²) in [6.45, 7) is 42.2. The summed E-state index contributed by atoms with van der Waals surface area (Å²) in [4.78, 5) is 7.77. The second-order valence-corrected chi connectivity index (χ2v) is 32.8. The van der Waals surface area contributed by atoms with Crippen LogP contribution >= 0.6 is 0 Å². The highest BCUT2D eigenvalue weighted by molar-refractivity contribution is 6.95. The van der Waals surface area contributed by atoms with E-state index in [2.05, 4.69) is 297 Å². The lowest BCUT2D eigenvalue weighted by atomic mass is 9.43. The summed E-state index contributed by atoms with van der Waals surface area (Å²) in [5.74, 6) is 0. The zero-order valence-corrected chi connectivity index (χ0v) is 56.1. The molecule has 89 heavy (non-hydrogen) atoms. The van der Waals surface area contributed by atoms with Gasteiger partial charge in [0.15, 0.2) is 5.58 Å². The van der Waals surface area contributed by atoms with Crippen molar-refractivity contribution in [1.29, 1.82) is 0 Å². The molecule has 0 saturated heterocycles. The van der Waals surface area contributed by atoms with E-state index in [9.17, 15) is 0 Å². The number of furan rings is 2. The van der Waals surface area contributed by atoms with E-state index in [1.807, 2.05) is 0 Å². The van der Waals surface area contributed by atoms with Gasteiger partial charge in [0.25, 0.3) is 0 Å². The average Bonchev–Trinajstić information content (AvgIpc) is 1.67. The molecule has 4 aliphatic rings. The molecule has 4 heterocycles. The lowest BCUT2D eigenvalue weighted by Crippen LogP contribution is -2.61. The quantitative estimate of drug-likeness (QED) is 0.161. The highest BCUT2D eigenvalue weighted by Gasteiger charge is 2.50. The summed E-state index contributed by atoms with van der Waals surface area (Å²) in [7, 11) is 0. The van der Waals surface area contributed by atoms with Gasteiger partial charge >= 0.3 is 6.85 Å².